The Morgan fingerprint density at radius 2 is 1.69 bits per heavy atom. The van der Waals surface area contributed by atoms with E-state index in [2.05, 4.69) is 5.32 Å². The van der Waals surface area contributed by atoms with Crippen LogP contribution in [0.25, 0.3) is 0 Å². The van der Waals surface area contributed by atoms with E-state index in [0.29, 0.717) is 30.0 Å². The highest BCUT2D eigenvalue weighted by atomic mass is 35.5. The van der Waals surface area contributed by atoms with Gasteiger partial charge in [-0.3, -0.25) is 9.69 Å². The average molecular weight is 415 g/mol. The van der Waals surface area contributed by atoms with Gasteiger partial charge in [0.1, 0.15) is 0 Å². The zero-order valence-corrected chi connectivity index (χ0v) is 17.4. The molecule has 2 amide bonds. The molecule has 2 aromatic carbocycles. The second-order valence-corrected chi connectivity index (χ2v) is 7.97. The monoisotopic (exact) mass is 414 g/mol. The third-order valence-electron chi connectivity index (χ3n) is 5.26. The molecule has 0 aromatic heterocycles. The normalized spacial score (nSPS) is 18.7. The van der Waals surface area contributed by atoms with Crippen molar-refractivity contribution in [2.75, 3.05) is 18.1 Å². The average Bonchev–Trinajstić information content (AvgIpc) is 2.73. The number of carbonyl (C=O) groups is 2. The maximum Gasteiger partial charge on any atom is 0.326 e. The Balaban J connectivity index is 1.64. The van der Waals surface area contributed by atoms with Gasteiger partial charge in [0.25, 0.3) is 0 Å². The lowest BCUT2D eigenvalue weighted by molar-refractivity contribution is -0.142. The van der Waals surface area contributed by atoms with Crippen molar-refractivity contribution >= 4 is 35.0 Å². The molecule has 0 saturated heterocycles. The number of para-hydroxylation sites is 1. The third kappa shape index (κ3) is 6.23. The molecule has 0 spiro atoms. The lowest BCUT2D eigenvalue weighted by Crippen LogP contribution is -2.40. The molecule has 0 radical (unpaired) electrons. The van der Waals surface area contributed by atoms with Crippen LogP contribution in [0, 0.1) is 11.8 Å². The lowest BCUT2D eigenvalue weighted by Gasteiger charge is -2.30. The van der Waals surface area contributed by atoms with Gasteiger partial charge in [-0.1, -0.05) is 36.2 Å². The molecule has 5 nitrogen and oxygen atoms in total. The van der Waals surface area contributed by atoms with Crippen LogP contribution < -0.4 is 10.2 Å². The minimum absolute atomic E-state index is 0.166. The number of esters is 1. The summed E-state index contributed by atoms with van der Waals surface area (Å²) in [6, 6.07) is 16.6. The Hall–Kier alpha value is -2.53. The Labute approximate surface area is 177 Å². The van der Waals surface area contributed by atoms with Crippen molar-refractivity contribution in [1.29, 1.82) is 0 Å². The predicted octanol–water partition coefficient (Wildman–Crippen LogP) is 5.56. The van der Waals surface area contributed by atoms with Crippen LogP contribution in [0.5, 0.6) is 0 Å². The van der Waals surface area contributed by atoms with Crippen LogP contribution in [-0.2, 0) is 9.53 Å². The molecule has 6 heteroatoms. The largest absolute Gasteiger partial charge is 0.466 e. The second-order valence-electron chi connectivity index (χ2n) is 7.53. The second kappa shape index (κ2) is 10.3. The molecule has 3 rings (SSSR count). The number of ether oxygens (including phenoxy) is 1. The fraction of sp³-hybridized carbons (Fsp3) is 0.391. The number of halogens is 1. The quantitative estimate of drug-likeness (QED) is 0.629. The maximum absolute atomic E-state index is 13.1. The van der Waals surface area contributed by atoms with Crippen molar-refractivity contribution in [3.05, 3.63) is 59.6 Å². The van der Waals surface area contributed by atoms with E-state index < -0.39 is 0 Å². The Morgan fingerprint density at radius 1 is 1.03 bits per heavy atom. The van der Waals surface area contributed by atoms with Crippen molar-refractivity contribution in [2.45, 2.75) is 32.6 Å². The maximum atomic E-state index is 13.1. The standard InChI is InChI=1S/C23H27ClN2O3/c1-17(27)29-16-19-7-5-6-18(14-19)15-25-23(28)26(21-8-3-2-4-9-21)22-12-10-20(24)11-13-22/h2-4,8-13,18-19H,5-7,14-16H2,1H3,(H,25,28). The first-order chi connectivity index (χ1) is 14.0. The topological polar surface area (TPSA) is 58.6 Å². The molecular formula is C23H27ClN2O3. The van der Waals surface area contributed by atoms with Crippen molar-refractivity contribution in [3.63, 3.8) is 0 Å². The van der Waals surface area contributed by atoms with Gasteiger partial charge >= 0.3 is 12.0 Å². The molecule has 1 fully saturated rings. The van der Waals surface area contributed by atoms with Gasteiger partial charge in [-0.05, 0) is 67.5 Å². The number of hydrogen-bond acceptors (Lipinski definition) is 3. The van der Waals surface area contributed by atoms with E-state index in [-0.39, 0.29) is 12.0 Å². The summed E-state index contributed by atoms with van der Waals surface area (Å²) in [5, 5.41) is 3.72. The first-order valence-corrected chi connectivity index (χ1v) is 10.4. The lowest BCUT2D eigenvalue weighted by atomic mass is 9.82. The van der Waals surface area contributed by atoms with Crippen LogP contribution in [0.1, 0.15) is 32.6 Å². The molecular weight excluding hydrogens is 388 g/mol. The van der Waals surface area contributed by atoms with Crippen molar-refractivity contribution in [2.24, 2.45) is 11.8 Å². The molecule has 0 heterocycles. The summed E-state index contributed by atoms with van der Waals surface area (Å²) in [7, 11) is 0. The van der Waals surface area contributed by atoms with Crippen molar-refractivity contribution < 1.29 is 14.3 Å². The molecule has 0 bridgehead atoms. The fourth-order valence-electron chi connectivity index (χ4n) is 3.84. The highest BCUT2D eigenvalue weighted by Gasteiger charge is 2.25. The molecule has 2 atom stereocenters. The number of anilines is 2. The molecule has 1 N–H and O–H groups in total. The molecule has 1 aliphatic rings. The zero-order valence-electron chi connectivity index (χ0n) is 16.6. The van der Waals surface area contributed by atoms with Gasteiger partial charge in [0.05, 0.1) is 18.0 Å². The van der Waals surface area contributed by atoms with E-state index in [1.165, 1.54) is 6.92 Å². The Morgan fingerprint density at radius 3 is 2.38 bits per heavy atom. The Bertz CT molecular complexity index is 811. The molecule has 29 heavy (non-hydrogen) atoms. The molecule has 2 unspecified atom stereocenters. The van der Waals surface area contributed by atoms with E-state index in [9.17, 15) is 9.59 Å². The van der Waals surface area contributed by atoms with Crippen LogP contribution in [0.4, 0.5) is 16.2 Å². The smallest absolute Gasteiger partial charge is 0.326 e. The number of hydrogen-bond donors (Lipinski definition) is 1. The molecule has 2 aromatic rings. The summed E-state index contributed by atoms with van der Waals surface area (Å²) in [5.74, 6) is 0.522. The summed E-state index contributed by atoms with van der Waals surface area (Å²) in [6.45, 7) is 2.52. The number of nitrogens with zero attached hydrogens (tertiary/aromatic N) is 1. The minimum Gasteiger partial charge on any atom is -0.466 e. The molecule has 1 aliphatic carbocycles. The van der Waals surface area contributed by atoms with Crippen LogP contribution >= 0.6 is 11.6 Å². The van der Waals surface area contributed by atoms with Gasteiger partial charge < -0.3 is 10.1 Å². The number of benzene rings is 2. The zero-order chi connectivity index (χ0) is 20.6. The molecule has 154 valence electrons. The summed E-state index contributed by atoms with van der Waals surface area (Å²) in [5.41, 5.74) is 1.55. The van der Waals surface area contributed by atoms with Crippen LogP contribution in [-0.4, -0.2) is 25.2 Å². The highest BCUT2D eigenvalue weighted by Crippen LogP contribution is 2.30. The first-order valence-electron chi connectivity index (χ1n) is 10.0. The Kier molecular flexibility index (Phi) is 7.53. The van der Waals surface area contributed by atoms with Gasteiger partial charge in [0.2, 0.25) is 0 Å². The summed E-state index contributed by atoms with van der Waals surface area (Å²) >= 11 is 6.01. The van der Waals surface area contributed by atoms with Gasteiger partial charge in [-0.15, -0.1) is 0 Å². The number of rotatable bonds is 6. The van der Waals surface area contributed by atoms with Gasteiger partial charge in [0.15, 0.2) is 0 Å². The van der Waals surface area contributed by atoms with E-state index >= 15 is 0 Å². The predicted molar refractivity (Wildman–Crippen MR) is 116 cm³/mol. The summed E-state index contributed by atoms with van der Waals surface area (Å²) in [4.78, 5) is 25.8. The van der Waals surface area contributed by atoms with E-state index in [0.717, 1.165) is 37.1 Å². The van der Waals surface area contributed by atoms with Gasteiger partial charge in [-0.2, -0.15) is 0 Å². The molecule has 1 saturated carbocycles. The highest BCUT2D eigenvalue weighted by molar-refractivity contribution is 6.30. The molecule has 0 aliphatic heterocycles. The number of urea groups is 1. The SMILES string of the molecule is CC(=O)OCC1CCCC(CNC(=O)N(c2ccccc2)c2ccc(Cl)cc2)C1. The van der Waals surface area contributed by atoms with E-state index in [4.69, 9.17) is 16.3 Å². The first kappa shape index (κ1) is 21.2. The number of carbonyl (C=O) groups excluding carboxylic acids is 2. The summed E-state index contributed by atoms with van der Waals surface area (Å²) < 4.78 is 5.17. The summed E-state index contributed by atoms with van der Waals surface area (Å²) in [6.07, 6.45) is 4.19. The van der Waals surface area contributed by atoms with Crippen molar-refractivity contribution in [1.82, 2.24) is 5.32 Å². The van der Waals surface area contributed by atoms with Crippen LogP contribution in [0.2, 0.25) is 5.02 Å². The van der Waals surface area contributed by atoms with E-state index in [1.807, 2.05) is 42.5 Å². The fourth-order valence-corrected chi connectivity index (χ4v) is 3.96. The third-order valence-corrected chi connectivity index (χ3v) is 5.51. The minimum atomic E-state index is -0.234. The van der Waals surface area contributed by atoms with E-state index in [1.54, 1.807) is 17.0 Å². The number of amides is 2. The van der Waals surface area contributed by atoms with Gasteiger partial charge in [-0.25, -0.2) is 4.79 Å². The number of nitrogens with one attached hydrogen (secondary N) is 1. The van der Waals surface area contributed by atoms with Crippen molar-refractivity contribution in [3.8, 4) is 0 Å². The van der Waals surface area contributed by atoms with Crippen LogP contribution in [0.3, 0.4) is 0 Å². The van der Waals surface area contributed by atoms with Gasteiger partial charge in [0, 0.05) is 18.5 Å². The van der Waals surface area contributed by atoms with Crippen LogP contribution in [0.15, 0.2) is 54.6 Å².